The molecular formula is C54H42N4. The number of aromatic amines is 2. The van der Waals surface area contributed by atoms with E-state index in [1.807, 2.05) is 24.3 Å². The van der Waals surface area contributed by atoms with Crippen molar-refractivity contribution in [3.8, 4) is 69.2 Å². The standard InChI is InChI=1S/C54H42N4/c1-9-37-11-15-39(16-12-37)51-41-19-20-42(55-41)52(40-17-13-38(10-2)14-18-40)44-22-24-46(57-44)54(50-35(7)29-32(4)30-36(50)8)48-26-25-47(58-48)53(45-23-21-43(51)56-45)49-33(5)27-31(3)28-34(49)6/h1-2,11-30,55-56H,3-8H3. The Bertz CT molecular complexity index is 3120. The summed E-state index contributed by atoms with van der Waals surface area (Å²) in [6.07, 6.45) is 20.2. The van der Waals surface area contributed by atoms with Crippen molar-refractivity contribution in [2.45, 2.75) is 41.5 Å². The highest BCUT2D eigenvalue weighted by Crippen LogP contribution is 2.41. The van der Waals surface area contributed by atoms with Gasteiger partial charge in [-0.3, -0.25) is 0 Å². The van der Waals surface area contributed by atoms with Gasteiger partial charge >= 0.3 is 0 Å². The van der Waals surface area contributed by atoms with Gasteiger partial charge in [-0.2, -0.15) is 0 Å². The number of terminal acetylenes is 2. The summed E-state index contributed by atoms with van der Waals surface area (Å²) in [6.45, 7) is 13.1. The van der Waals surface area contributed by atoms with Crippen LogP contribution in [0.1, 0.15) is 67.3 Å². The zero-order valence-electron chi connectivity index (χ0n) is 33.6. The topological polar surface area (TPSA) is 57.4 Å². The molecule has 0 spiro atoms. The molecular weight excluding hydrogens is 705 g/mol. The number of rotatable bonds is 4. The second-order valence-electron chi connectivity index (χ2n) is 15.5. The lowest BCUT2D eigenvalue weighted by Gasteiger charge is -2.14. The van der Waals surface area contributed by atoms with Crippen LogP contribution in [-0.2, 0) is 0 Å². The SMILES string of the molecule is C#Cc1ccc(-c2c3nc(c(-c4c(C)cc(C)cc4C)c4nc(c(-c5c(C)cc(C)cc5C)c5ccc([nH]5)c(-c5ccc(C#C)cc5)c5ccc2[nH]5)C=C4)C=C3)cc1. The van der Waals surface area contributed by atoms with E-state index < -0.39 is 0 Å². The molecule has 0 saturated heterocycles. The molecule has 0 fully saturated rings. The van der Waals surface area contributed by atoms with Gasteiger partial charge in [0, 0.05) is 55.4 Å². The van der Waals surface area contributed by atoms with E-state index in [-0.39, 0.29) is 0 Å². The van der Waals surface area contributed by atoms with E-state index in [4.69, 9.17) is 22.8 Å². The lowest BCUT2D eigenvalue weighted by molar-refractivity contribution is 1.25. The summed E-state index contributed by atoms with van der Waals surface area (Å²) in [5, 5.41) is 0. The smallest absolute Gasteiger partial charge is 0.0738 e. The molecule has 7 aromatic rings. The van der Waals surface area contributed by atoms with Gasteiger partial charge in [0.1, 0.15) is 0 Å². The van der Waals surface area contributed by atoms with Crippen LogP contribution < -0.4 is 0 Å². The van der Waals surface area contributed by atoms with E-state index in [1.165, 1.54) is 38.9 Å². The molecule has 0 aliphatic carbocycles. The van der Waals surface area contributed by atoms with E-state index in [1.54, 1.807) is 0 Å². The summed E-state index contributed by atoms with van der Waals surface area (Å²) in [5.41, 5.74) is 24.5. The van der Waals surface area contributed by atoms with E-state index in [2.05, 4.69) is 160 Å². The fraction of sp³-hybridized carbons (Fsp3) is 0.111. The Hall–Kier alpha value is -7.40. The summed E-state index contributed by atoms with van der Waals surface area (Å²) in [5.74, 6) is 5.54. The van der Waals surface area contributed by atoms with Gasteiger partial charge in [-0.25, -0.2) is 9.97 Å². The minimum Gasteiger partial charge on any atom is -0.354 e. The molecule has 2 aliphatic rings. The minimum atomic E-state index is 0.820. The Morgan fingerprint density at radius 1 is 0.379 bits per heavy atom. The van der Waals surface area contributed by atoms with Gasteiger partial charge in [-0.15, -0.1) is 12.8 Å². The number of fused-ring (bicyclic) bond motifs is 8. The van der Waals surface area contributed by atoms with Crippen molar-refractivity contribution in [3.05, 3.63) is 164 Å². The molecule has 0 unspecified atom stereocenters. The molecule has 4 nitrogen and oxygen atoms in total. The van der Waals surface area contributed by atoms with Crippen molar-refractivity contribution in [1.29, 1.82) is 0 Å². The van der Waals surface area contributed by atoms with Gasteiger partial charge in [0.25, 0.3) is 0 Å². The zero-order valence-corrected chi connectivity index (χ0v) is 33.6. The Labute approximate surface area is 340 Å². The molecule has 2 aliphatic heterocycles. The molecule has 0 amide bonds. The number of aryl methyl sites for hydroxylation is 6. The number of hydrogen-bond acceptors (Lipinski definition) is 2. The maximum atomic E-state index is 5.80. The Morgan fingerprint density at radius 2 is 0.707 bits per heavy atom. The van der Waals surface area contributed by atoms with Gasteiger partial charge in [0.2, 0.25) is 0 Å². The van der Waals surface area contributed by atoms with Crippen molar-refractivity contribution in [3.63, 3.8) is 0 Å². The third-order valence-electron chi connectivity index (χ3n) is 11.3. The Balaban J connectivity index is 1.50. The summed E-state index contributed by atoms with van der Waals surface area (Å²) in [6, 6.07) is 34.0. The van der Waals surface area contributed by atoms with Crippen LogP contribution in [0.4, 0.5) is 0 Å². The fourth-order valence-corrected chi connectivity index (χ4v) is 8.96. The van der Waals surface area contributed by atoms with Crippen LogP contribution in [0.2, 0.25) is 0 Å². The first kappa shape index (κ1) is 36.3. The molecule has 4 aromatic carbocycles. The molecule has 8 bridgehead atoms. The second-order valence-corrected chi connectivity index (χ2v) is 15.5. The van der Waals surface area contributed by atoms with Gasteiger partial charge in [-0.05, 0) is 159 Å². The van der Waals surface area contributed by atoms with Gasteiger partial charge in [-0.1, -0.05) is 71.5 Å². The third-order valence-corrected chi connectivity index (χ3v) is 11.3. The fourth-order valence-electron chi connectivity index (χ4n) is 8.96. The monoisotopic (exact) mass is 746 g/mol. The molecule has 0 radical (unpaired) electrons. The number of hydrogen-bond donors (Lipinski definition) is 2. The maximum absolute atomic E-state index is 5.80. The van der Waals surface area contributed by atoms with Crippen molar-refractivity contribution >= 4 is 46.4 Å². The maximum Gasteiger partial charge on any atom is 0.0738 e. The first-order chi connectivity index (χ1) is 28.1. The largest absolute Gasteiger partial charge is 0.354 e. The molecule has 278 valence electrons. The second kappa shape index (κ2) is 14.3. The van der Waals surface area contributed by atoms with Crippen LogP contribution in [0.25, 0.3) is 90.9 Å². The normalized spacial score (nSPS) is 11.8. The van der Waals surface area contributed by atoms with E-state index in [9.17, 15) is 0 Å². The molecule has 4 heteroatoms. The number of benzene rings is 4. The van der Waals surface area contributed by atoms with Crippen LogP contribution in [-0.4, -0.2) is 19.9 Å². The summed E-state index contributed by atoms with van der Waals surface area (Å²) < 4.78 is 0. The Kier molecular flexibility index (Phi) is 8.92. The number of nitrogens with one attached hydrogen (secondary N) is 2. The molecule has 9 rings (SSSR count). The quantitative estimate of drug-likeness (QED) is 0.176. The van der Waals surface area contributed by atoms with Crippen LogP contribution in [0.15, 0.2) is 97.1 Å². The predicted octanol–water partition coefficient (Wildman–Crippen LogP) is 13.1. The third kappa shape index (κ3) is 6.26. The van der Waals surface area contributed by atoms with E-state index in [0.29, 0.717) is 0 Å². The minimum absolute atomic E-state index is 0.820. The molecule has 5 heterocycles. The first-order valence-electron chi connectivity index (χ1n) is 19.6. The molecule has 3 aromatic heterocycles. The zero-order chi connectivity index (χ0) is 40.2. The summed E-state index contributed by atoms with van der Waals surface area (Å²) in [4.78, 5) is 18.8. The molecule has 2 N–H and O–H groups in total. The van der Waals surface area contributed by atoms with Crippen LogP contribution in [0.5, 0.6) is 0 Å². The lowest BCUT2D eigenvalue weighted by atomic mass is 9.92. The van der Waals surface area contributed by atoms with Crippen LogP contribution >= 0.6 is 0 Å². The van der Waals surface area contributed by atoms with Gasteiger partial charge in [0.05, 0.1) is 22.8 Å². The molecule has 0 atom stereocenters. The Morgan fingerprint density at radius 3 is 1.12 bits per heavy atom. The van der Waals surface area contributed by atoms with E-state index in [0.717, 1.165) is 94.9 Å². The average Bonchev–Trinajstić information content (AvgIpc) is 4.05. The van der Waals surface area contributed by atoms with Crippen molar-refractivity contribution in [2.24, 2.45) is 0 Å². The number of nitrogens with zero attached hydrogens (tertiary/aromatic N) is 2. The van der Waals surface area contributed by atoms with Crippen molar-refractivity contribution < 1.29 is 0 Å². The van der Waals surface area contributed by atoms with E-state index >= 15 is 0 Å². The first-order valence-corrected chi connectivity index (χ1v) is 19.6. The highest BCUT2D eigenvalue weighted by molar-refractivity contribution is 6.01. The highest BCUT2D eigenvalue weighted by Gasteiger charge is 2.22. The number of aromatic nitrogens is 4. The van der Waals surface area contributed by atoms with Crippen LogP contribution in [0, 0.1) is 66.2 Å². The summed E-state index contributed by atoms with van der Waals surface area (Å²) in [7, 11) is 0. The van der Waals surface area contributed by atoms with Crippen molar-refractivity contribution in [2.75, 3.05) is 0 Å². The summed E-state index contributed by atoms with van der Waals surface area (Å²) >= 11 is 0. The van der Waals surface area contributed by atoms with Crippen molar-refractivity contribution in [1.82, 2.24) is 19.9 Å². The lowest BCUT2D eigenvalue weighted by Crippen LogP contribution is -1.97. The average molecular weight is 747 g/mol. The van der Waals surface area contributed by atoms with Gasteiger partial charge < -0.3 is 9.97 Å². The molecule has 58 heavy (non-hydrogen) atoms. The van der Waals surface area contributed by atoms with Crippen LogP contribution in [0.3, 0.4) is 0 Å². The predicted molar refractivity (Wildman–Crippen MR) is 245 cm³/mol. The highest BCUT2D eigenvalue weighted by atomic mass is 14.8. The van der Waals surface area contributed by atoms with Gasteiger partial charge in [0.15, 0.2) is 0 Å². The number of H-pyrrole nitrogens is 2. The molecule has 0 saturated carbocycles.